The van der Waals surface area contributed by atoms with Gasteiger partial charge in [-0.05, 0) is 35.2 Å². The first-order valence-electron chi connectivity index (χ1n) is 8.56. The summed E-state index contributed by atoms with van der Waals surface area (Å²) in [5.74, 6) is 0.0408. The Morgan fingerprint density at radius 3 is 3.08 bits per heavy atom. The van der Waals surface area contributed by atoms with E-state index in [1.54, 1.807) is 6.20 Å². The number of nitrogens with two attached hydrogens (primary N) is 1. The molecule has 6 nitrogen and oxygen atoms in total. The van der Waals surface area contributed by atoms with Crippen LogP contribution < -0.4 is 16.0 Å². The van der Waals surface area contributed by atoms with Crippen molar-refractivity contribution in [3.05, 3.63) is 16.9 Å². The Bertz CT molecular complexity index is 735. The molecule has 0 saturated carbocycles. The van der Waals surface area contributed by atoms with E-state index in [0.717, 1.165) is 65.7 Å². The number of hydrogen-bond donors (Lipinski definition) is 3. The lowest BCUT2D eigenvalue weighted by molar-refractivity contribution is -0.116. The number of nitrogens with zero attached hydrogens (tertiary/aromatic N) is 2. The lowest BCUT2D eigenvalue weighted by atomic mass is 10.1. The second-order valence-corrected chi connectivity index (χ2v) is 7.24. The smallest absolute Gasteiger partial charge is 0.224 e. The number of piperidine rings is 1. The van der Waals surface area contributed by atoms with E-state index in [2.05, 4.69) is 43.0 Å². The van der Waals surface area contributed by atoms with E-state index >= 15 is 0 Å². The van der Waals surface area contributed by atoms with Crippen molar-refractivity contribution < 1.29 is 4.79 Å². The predicted molar refractivity (Wildman–Crippen MR) is 109 cm³/mol. The molecule has 0 aromatic carbocycles. The van der Waals surface area contributed by atoms with E-state index in [9.17, 15) is 4.79 Å². The number of aromatic amines is 1. The molecule has 25 heavy (non-hydrogen) atoms. The number of hydrogen-bond acceptors (Lipinski definition) is 4. The van der Waals surface area contributed by atoms with Crippen molar-refractivity contribution in [3.63, 3.8) is 0 Å². The van der Waals surface area contributed by atoms with Crippen LogP contribution in [0.15, 0.2) is 16.9 Å². The van der Waals surface area contributed by atoms with Gasteiger partial charge in [-0.25, -0.2) is 4.98 Å². The minimum atomic E-state index is 0. The van der Waals surface area contributed by atoms with Gasteiger partial charge in [-0.3, -0.25) is 4.79 Å². The van der Waals surface area contributed by atoms with Crippen LogP contribution in [0.2, 0.25) is 0 Å². The largest absolute Gasteiger partial charge is 0.368 e. The van der Waals surface area contributed by atoms with Crippen molar-refractivity contribution in [2.75, 3.05) is 23.3 Å². The van der Waals surface area contributed by atoms with Gasteiger partial charge in [-0.1, -0.05) is 13.3 Å². The summed E-state index contributed by atoms with van der Waals surface area (Å²) in [4.78, 5) is 22.0. The maximum atomic E-state index is 12.1. The summed E-state index contributed by atoms with van der Waals surface area (Å²) in [6, 6.07) is 0.176. The highest BCUT2D eigenvalue weighted by Gasteiger charge is 2.23. The Kier molecular flexibility index (Phi) is 7.10. The number of halogens is 2. The number of carbonyl (C=O) groups excluding carboxylic acids is 1. The zero-order chi connectivity index (χ0) is 17.1. The Balaban J connectivity index is 0.00000225. The maximum Gasteiger partial charge on any atom is 0.224 e. The molecule has 0 bridgehead atoms. The number of aromatic nitrogens is 2. The molecule has 0 unspecified atom stereocenters. The van der Waals surface area contributed by atoms with Crippen molar-refractivity contribution in [3.8, 4) is 0 Å². The second-order valence-electron chi connectivity index (χ2n) is 6.38. The van der Waals surface area contributed by atoms with Crippen molar-refractivity contribution in [2.45, 2.75) is 45.1 Å². The molecule has 3 rings (SSSR count). The Labute approximate surface area is 162 Å². The van der Waals surface area contributed by atoms with Crippen molar-refractivity contribution in [1.82, 2.24) is 9.97 Å². The third-order valence-corrected chi connectivity index (χ3v) is 5.02. The van der Waals surface area contributed by atoms with E-state index in [4.69, 9.17) is 5.73 Å². The summed E-state index contributed by atoms with van der Waals surface area (Å²) in [5.41, 5.74) is 8.78. The number of pyridine rings is 1. The van der Waals surface area contributed by atoms with Crippen LogP contribution in [0, 0.1) is 0 Å². The molecule has 8 heteroatoms. The number of anilines is 2. The van der Waals surface area contributed by atoms with Gasteiger partial charge in [-0.2, -0.15) is 0 Å². The third kappa shape index (κ3) is 4.46. The van der Waals surface area contributed by atoms with Crippen LogP contribution in [0.4, 0.5) is 11.4 Å². The van der Waals surface area contributed by atoms with E-state index in [1.165, 1.54) is 0 Å². The summed E-state index contributed by atoms with van der Waals surface area (Å²) in [5, 5.41) is 3.98. The molecule has 0 radical (unpaired) electrons. The number of H-pyrrole nitrogens is 1. The van der Waals surface area contributed by atoms with Gasteiger partial charge in [0.25, 0.3) is 0 Å². The summed E-state index contributed by atoms with van der Waals surface area (Å²) < 4.78 is 0.924. The maximum absolute atomic E-state index is 12.1. The summed E-state index contributed by atoms with van der Waals surface area (Å²) in [7, 11) is 0. The molecule has 138 valence electrons. The number of unbranched alkanes of at least 4 members (excludes halogenated alkanes) is 1. The first kappa shape index (κ1) is 20.0. The molecule has 2 aromatic rings. The minimum Gasteiger partial charge on any atom is -0.368 e. The first-order chi connectivity index (χ1) is 11.6. The summed E-state index contributed by atoms with van der Waals surface area (Å²) in [6.45, 7) is 3.85. The SMILES string of the molecule is CCCCC(=O)Nc1c[nH]c2ncc(Br)c(N3CCC[C@@H](N)C3)c12.Cl. The third-order valence-electron chi connectivity index (χ3n) is 4.43. The average Bonchev–Trinajstić information content (AvgIpc) is 2.95. The molecule has 4 N–H and O–H groups in total. The lowest BCUT2D eigenvalue weighted by Gasteiger charge is -2.33. The Hall–Kier alpha value is -1.31. The summed E-state index contributed by atoms with van der Waals surface area (Å²) in [6.07, 6.45) is 8.18. The zero-order valence-corrected chi connectivity index (χ0v) is 16.8. The number of fused-ring (bicyclic) bond motifs is 1. The van der Waals surface area contributed by atoms with Gasteiger partial charge in [0.15, 0.2) is 0 Å². The molecule has 3 heterocycles. The second kappa shape index (κ2) is 8.87. The van der Waals surface area contributed by atoms with Crippen LogP contribution in [0.25, 0.3) is 11.0 Å². The van der Waals surface area contributed by atoms with Gasteiger partial charge < -0.3 is 20.9 Å². The number of carbonyl (C=O) groups is 1. The highest BCUT2D eigenvalue weighted by molar-refractivity contribution is 9.10. The van der Waals surface area contributed by atoms with Gasteiger partial charge in [0.2, 0.25) is 5.91 Å². The Morgan fingerprint density at radius 1 is 1.56 bits per heavy atom. The van der Waals surface area contributed by atoms with Crippen LogP contribution in [0.1, 0.15) is 39.0 Å². The van der Waals surface area contributed by atoms with E-state index in [1.807, 2.05) is 6.20 Å². The molecule has 1 atom stereocenters. The molecular weight excluding hydrogens is 406 g/mol. The number of amides is 1. The van der Waals surface area contributed by atoms with Crippen molar-refractivity contribution in [1.29, 1.82) is 0 Å². The lowest BCUT2D eigenvalue weighted by Crippen LogP contribution is -2.43. The molecule has 1 aliphatic heterocycles. The standard InChI is InChI=1S/C17H24BrN5O.ClH/c1-2-3-6-14(24)22-13-9-21-17-15(13)16(12(18)8-20-17)23-7-4-5-11(19)10-23;/h8-9,11H,2-7,10,19H2,1H3,(H,20,21)(H,22,24);1H/t11-;/m1./s1. The van der Waals surface area contributed by atoms with Gasteiger partial charge in [0.1, 0.15) is 5.65 Å². The highest BCUT2D eigenvalue weighted by Crippen LogP contribution is 2.38. The molecule has 0 aliphatic carbocycles. The number of nitrogens with one attached hydrogen (secondary N) is 2. The van der Waals surface area contributed by atoms with E-state index < -0.39 is 0 Å². The van der Waals surface area contributed by atoms with E-state index in [0.29, 0.717) is 6.42 Å². The minimum absolute atomic E-state index is 0. The predicted octanol–water partition coefficient (Wildman–Crippen LogP) is 3.80. The fourth-order valence-electron chi connectivity index (χ4n) is 3.23. The van der Waals surface area contributed by atoms with Crippen LogP contribution in [-0.2, 0) is 4.79 Å². The molecule has 1 saturated heterocycles. The van der Waals surface area contributed by atoms with Crippen molar-refractivity contribution >= 4 is 56.7 Å². The van der Waals surface area contributed by atoms with Crippen LogP contribution in [0.3, 0.4) is 0 Å². The normalized spacial score (nSPS) is 17.4. The molecule has 1 amide bonds. The first-order valence-corrected chi connectivity index (χ1v) is 9.35. The zero-order valence-electron chi connectivity index (χ0n) is 14.3. The molecule has 0 spiro atoms. The highest BCUT2D eigenvalue weighted by atomic mass is 79.9. The average molecular weight is 431 g/mol. The molecule has 1 aliphatic rings. The summed E-state index contributed by atoms with van der Waals surface area (Å²) >= 11 is 3.63. The molecule has 2 aromatic heterocycles. The quantitative estimate of drug-likeness (QED) is 0.673. The molecule has 1 fully saturated rings. The van der Waals surface area contributed by atoms with Gasteiger partial charge in [-0.15, -0.1) is 12.4 Å². The fraction of sp³-hybridized carbons (Fsp3) is 0.529. The Morgan fingerprint density at radius 2 is 2.36 bits per heavy atom. The van der Waals surface area contributed by atoms with Gasteiger partial charge in [0, 0.05) is 37.9 Å². The van der Waals surface area contributed by atoms with Crippen LogP contribution >= 0.6 is 28.3 Å². The van der Waals surface area contributed by atoms with E-state index in [-0.39, 0.29) is 24.4 Å². The van der Waals surface area contributed by atoms with Gasteiger partial charge >= 0.3 is 0 Å². The topological polar surface area (TPSA) is 87.0 Å². The van der Waals surface area contributed by atoms with Crippen LogP contribution in [0.5, 0.6) is 0 Å². The van der Waals surface area contributed by atoms with Crippen LogP contribution in [-0.4, -0.2) is 35.0 Å². The monoisotopic (exact) mass is 429 g/mol. The fourth-order valence-corrected chi connectivity index (χ4v) is 3.78. The van der Waals surface area contributed by atoms with Crippen molar-refractivity contribution in [2.24, 2.45) is 5.73 Å². The molecular formula is C17H25BrClN5O. The number of rotatable bonds is 5. The van der Waals surface area contributed by atoms with Gasteiger partial charge in [0.05, 0.1) is 21.2 Å².